The molecule has 16 heavy (non-hydrogen) atoms. The van der Waals surface area contributed by atoms with Crippen molar-refractivity contribution in [2.45, 2.75) is 46.5 Å². The SMILES string of the molecule is CC/C=C\C(C)Cc1ccc(CCC)cc1. The van der Waals surface area contributed by atoms with E-state index >= 15 is 0 Å². The van der Waals surface area contributed by atoms with Crippen molar-refractivity contribution in [1.29, 1.82) is 0 Å². The Balaban J connectivity index is 2.51. The van der Waals surface area contributed by atoms with Crippen LogP contribution in [0.2, 0.25) is 0 Å². The Morgan fingerprint density at radius 2 is 1.69 bits per heavy atom. The molecule has 0 amide bonds. The Morgan fingerprint density at radius 3 is 2.25 bits per heavy atom. The first-order chi connectivity index (χ1) is 7.76. The van der Waals surface area contributed by atoms with Crippen LogP contribution in [0, 0.1) is 5.92 Å². The number of rotatable bonds is 6. The van der Waals surface area contributed by atoms with Gasteiger partial charge in [0.15, 0.2) is 0 Å². The fraction of sp³-hybridized carbons (Fsp3) is 0.500. The van der Waals surface area contributed by atoms with Crippen LogP contribution in [0.25, 0.3) is 0 Å². The summed E-state index contributed by atoms with van der Waals surface area (Å²) in [4.78, 5) is 0. The van der Waals surface area contributed by atoms with Crippen LogP contribution < -0.4 is 0 Å². The Hall–Kier alpha value is -1.04. The summed E-state index contributed by atoms with van der Waals surface area (Å²) < 4.78 is 0. The molecule has 0 nitrogen and oxygen atoms in total. The Bertz CT molecular complexity index is 305. The summed E-state index contributed by atoms with van der Waals surface area (Å²) in [6.07, 6.45) is 9.30. The van der Waals surface area contributed by atoms with E-state index in [1.807, 2.05) is 0 Å². The third kappa shape index (κ3) is 4.65. The van der Waals surface area contributed by atoms with E-state index in [-0.39, 0.29) is 0 Å². The second kappa shape index (κ2) is 7.27. The quantitative estimate of drug-likeness (QED) is 0.600. The molecule has 0 saturated carbocycles. The van der Waals surface area contributed by atoms with Gasteiger partial charge in [-0.2, -0.15) is 0 Å². The largest absolute Gasteiger partial charge is 0.0885 e. The topological polar surface area (TPSA) is 0 Å². The standard InChI is InChI=1S/C16H24/c1-4-6-8-14(3)13-16-11-9-15(7-5-2)10-12-16/h6,8-12,14H,4-5,7,13H2,1-3H3/b8-6-. The fourth-order valence-electron chi connectivity index (χ4n) is 1.94. The molecule has 0 N–H and O–H groups in total. The molecule has 0 aliphatic heterocycles. The van der Waals surface area contributed by atoms with Gasteiger partial charge >= 0.3 is 0 Å². The predicted octanol–water partition coefficient (Wildman–Crippen LogP) is 4.78. The first-order valence-corrected chi connectivity index (χ1v) is 6.50. The van der Waals surface area contributed by atoms with Crippen LogP contribution >= 0.6 is 0 Å². The van der Waals surface area contributed by atoms with Crippen molar-refractivity contribution in [2.24, 2.45) is 5.92 Å². The highest BCUT2D eigenvalue weighted by Gasteiger charge is 1.99. The molecule has 88 valence electrons. The summed E-state index contributed by atoms with van der Waals surface area (Å²) in [6, 6.07) is 9.10. The number of aryl methyl sites for hydroxylation is 1. The molecule has 0 heteroatoms. The summed E-state index contributed by atoms with van der Waals surface area (Å²) in [7, 11) is 0. The van der Waals surface area contributed by atoms with Crippen molar-refractivity contribution in [3.63, 3.8) is 0 Å². The van der Waals surface area contributed by atoms with Gasteiger partial charge in [0.25, 0.3) is 0 Å². The molecule has 1 rings (SSSR count). The molecule has 1 unspecified atom stereocenters. The summed E-state index contributed by atoms with van der Waals surface area (Å²) in [5.41, 5.74) is 2.91. The number of hydrogen-bond acceptors (Lipinski definition) is 0. The lowest BCUT2D eigenvalue weighted by Crippen LogP contribution is -1.96. The molecule has 0 aliphatic carbocycles. The number of allylic oxidation sites excluding steroid dienone is 2. The monoisotopic (exact) mass is 216 g/mol. The first-order valence-electron chi connectivity index (χ1n) is 6.50. The highest BCUT2D eigenvalue weighted by Crippen LogP contribution is 2.12. The molecule has 0 spiro atoms. The average Bonchev–Trinajstić information content (AvgIpc) is 2.29. The van der Waals surface area contributed by atoms with E-state index in [0.717, 1.165) is 12.8 Å². The summed E-state index contributed by atoms with van der Waals surface area (Å²) in [5, 5.41) is 0. The Kier molecular flexibility index (Phi) is 5.92. The van der Waals surface area contributed by atoms with Crippen LogP contribution in [-0.2, 0) is 12.8 Å². The van der Waals surface area contributed by atoms with Gasteiger partial charge in [0, 0.05) is 0 Å². The van der Waals surface area contributed by atoms with Gasteiger partial charge in [-0.25, -0.2) is 0 Å². The van der Waals surface area contributed by atoms with Crippen LogP contribution in [-0.4, -0.2) is 0 Å². The van der Waals surface area contributed by atoms with E-state index < -0.39 is 0 Å². The average molecular weight is 216 g/mol. The van der Waals surface area contributed by atoms with Crippen molar-refractivity contribution >= 4 is 0 Å². The highest BCUT2D eigenvalue weighted by atomic mass is 14.0. The van der Waals surface area contributed by atoms with E-state index in [4.69, 9.17) is 0 Å². The molecule has 0 aromatic heterocycles. The third-order valence-electron chi connectivity index (χ3n) is 2.82. The van der Waals surface area contributed by atoms with Gasteiger partial charge in [-0.05, 0) is 36.3 Å². The third-order valence-corrected chi connectivity index (χ3v) is 2.82. The van der Waals surface area contributed by atoms with Crippen LogP contribution in [0.15, 0.2) is 36.4 Å². The normalized spacial score (nSPS) is 13.2. The second-order valence-corrected chi connectivity index (χ2v) is 4.58. The molecule has 0 radical (unpaired) electrons. The molecule has 0 bridgehead atoms. The number of benzene rings is 1. The zero-order valence-corrected chi connectivity index (χ0v) is 10.9. The molecule has 1 aromatic rings. The van der Waals surface area contributed by atoms with Gasteiger partial charge in [0.05, 0.1) is 0 Å². The Labute approximate surface area is 100 Å². The van der Waals surface area contributed by atoms with Gasteiger partial charge < -0.3 is 0 Å². The van der Waals surface area contributed by atoms with Gasteiger partial charge in [-0.1, -0.05) is 63.6 Å². The van der Waals surface area contributed by atoms with Crippen molar-refractivity contribution in [3.05, 3.63) is 47.5 Å². The Morgan fingerprint density at radius 1 is 1.06 bits per heavy atom. The molecule has 1 atom stereocenters. The lowest BCUT2D eigenvalue weighted by molar-refractivity contribution is 0.720. The van der Waals surface area contributed by atoms with E-state index in [9.17, 15) is 0 Å². The highest BCUT2D eigenvalue weighted by molar-refractivity contribution is 5.23. The lowest BCUT2D eigenvalue weighted by atomic mass is 9.99. The molecule has 0 fully saturated rings. The summed E-state index contributed by atoms with van der Waals surface area (Å²) in [6.45, 7) is 6.69. The predicted molar refractivity (Wildman–Crippen MR) is 72.7 cm³/mol. The van der Waals surface area contributed by atoms with Crippen LogP contribution in [0.1, 0.15) is 44.7 Å². The van der Waals surface area contributed by atoms with Crippen LogP contribution in [0.3, 0.4) is 0 Å². The van der Waals surface area contributed by atoms with Crippen molar-refractivity contribution in [2.75, 3.05) is 0 Å². The van der Waals surface area contributed by atoms with Gasteiger partial charge in [-0.15, -0.1) is 0 Å². The molecular formula is C16H24. The van der Waals surface area contributed by atoms with E-state index in [1.165, 1.54) is 24.0 Å². The van der Waals surface area contributed by atoms with Crippen molar-refractivity contribution in [3.8, 4) is 0 Å². The van der Waals surface area contributed by atoms with Gasteiger partial charge in [0.2, 0.25) is 0 Å². The smallest absolute Gasteiger partial charge is 0.0218 e. The van der Waals surface area contributed by atoms with Crippen molar-refractivity contribution in [1.82, 2.24) is 0 Å². The van der Waals surface area contributed by atoms with Crippen LogP contribution in [0.5, 0.6) is 0 Å². The van der Waals surface area contributed by atoms with Gasteiger partial charge in [-0.3, -0.25) is 0 Å². The summed E-state index contributed by atoms with van der Waals surface area (Å²) >= 11 is 0. The fourth-order valence-corrected chi connectivity index (χ4v) is 1.94. The maximum Gasteiger partial charge on any atom is -0.0218 e. The molecule has 0 saturated heterocycles. The first kappa shape index (κ1) is 13.0. The van der Waals surface area contributed by atoms with Gasteiger partial charge in [0.1, 0.15) is 0 Å². The minimum absolute atomic E-state index is 0.650. The summed E-state index contributed by atoms with van der Waals surface area (Å²) in [5.74, 6) is 0.650. The molecular weight excluding hydrogens is 192 g/mol. The maximum atomic E-state index is 2.32. The number of hydrogen-bond donors (Lipinski definition) is 0. The molecule has 0 aliphatic rings. The lowest BCUT2D eigenvalue weighted by Gasteiger charge is -2.07. The zero-order valence-electron chi connectivity index (χ0n) is 10.9. The van der Waals surface area contributed by atoms with E-state index in [2.05, 4.69) is 57.2 Å². The van der Waals surface area contributed by atoms with E-state index in [1.54, 1.807) is 0 Å². The molecule has 1 aromatic carbocycles. The minimum atomic E-state index is 0.650. The van der Waals surface area contributed by atoms with Crippen molar-refractivity contribution < 1.29 is 0 Å². The maximum absolute atomic E-state index is 2.32. The van der Waals surface area contributed by atoms with Crippen LogP contribution in [0.4, 0.5) is 0 Å². The van der Waals surface area contributed by atoms with E-state index in [0.29, 0.717) is 5.92 Å². The molecule has 0 heterocycles. The zero-order chi connectivity index (χ0) is 11.8. The second-order valence-electron chi connectivity index (χ2n) is 4.58. The minimum Gasteiger partial charge on any atom is -0.0885 e.